The van der Waals surface area contributed by atoms with Gasteiger partial charge in [0.1, 0.15) is 11.3 Å². The Balaban J connectivity index is 1.60. The molecule has 0 fully saturated rings. The second-order valence-corrected chi connectivity index (χ2v) is 6.58. The molecule has 0 radical (unpaired) electrons. The van der Waals surface area contributed by atoms with Crippen LogP contribution in [0.1, 0.15) is 29.5 Å². The van der Waals surface area contributed by atoms with Gasteiger partial charge in [0.2, 0.25) is 5.91 Å². The third-order valence-corrected chi connectivity index (χ3v) is 4.75. The third kappa shape index (κ3) is 4.19. The standard InChI is InChI=1S/C20H23N3O4/c1-13-15-4-6-17(24)14(2)19(15)27-20(26)16(13)5-7-18(25)22-8-3-10-23-11-9-21-12-23/h4,6,9,11-12,24H,3,5,7-8,10H2,1-2H3,(H,22,25). The maximum atomic E-state index is 12.3. The molecule has 0 aliphatic rings. The maximum absolute atomic E-state index is 12.3. The van der Waals surface area contributed by atoms with Crippen LogP contribution in [0, 0.1) is 13.8 Å². The number of rotatable bonds is 7. The van der Waals surface area contributed by atoms with Crippen molar-refractivity contribution in [3.05, 3.63) is 58.0 Å². The number of hydrogen-bond acceptors (Lipinski definition) is 5. The Morgan fingerprint density at radius 1 is 1.30 bits per heavy atom. The Morgan fingerprint density at radius 2 is 2.11 bits per heavy atom. The number of amides is 1. The first kappa shape index (κ1) is 18.7. The number of imidazole rings is 1. The second-order valence-electron chi connectivity index (χ2n) is 6.58. The molecule has 142 valence electrons. The van der Waals surface area contributed by atoms with Gasteiger partial charge in [0.15, 0.2) is 0 Å². The smallest absolute Gasteiger partial charge is 0.339 e. The van der Waals surface area contributed by atoms with Crippen LogP contribution >= 0.6 is 0 Å². The van der Waals surface area contributed by atoms with E-state index >= 15 is 0 Å². The van der Waals surface area contributed by atoms with E-state index < -0.39 is 5.63 Å². The molecule has 7 heteroatoms. The van der Waals surface area contributed by atoms with Gasteiger partial charge in [-0.15, -0.1) is 0 Å². The van der Waals surface area contributed by atoms with Crippen LogP contribution in [0.3, 0.4) is 0 Å². The minimum Gasteiger partial charge on any atom is -0.508 e. The van der Waals surface area contributed by atoms with Gasteiger partial charge in [-0.05, 0) is 44.4 Å². The van der Waals surface area contributed by atoms with Gasteiger partial charge < -0.3 is 19.4 Å². The van der Waals surface area contributed by atoms with Crippen LogP contribution in [0.15, 0.2) is 40.1 Å². The molecule has 7 nitrogen and oxygen atoms in total. The third-order valence-electron chi connectivity index (χ3n) is 4.75. The summed E-state index contributed by atoms with van der Waals surface area (Å²) < 4.78 is 7.36. The van der Waals surface area contributed by atoms with Crippen molar-refractivity contribution in [1.82, 2.24) is 14.9 Å². The van der Waals surface area contributed by atoms with Gasteiger partial charge in [-0.2, -0.15) is 0 Å². The molecule has 0 aliphatic carbocycles. The maximum Gasteiger partial charge on any atom is 0.339 e. The molecule has 1 aromatic carbocycles. The zero-order valence-corrected chi connectivity index (χ0v) is 15.5. The van der Waals surface area contributed by atoms with Crippen LogP contribution < -0.4 is 10.9 Å². The Kier molecular flexibility index (Phi) is 5.59. The summed E-state index contributed by atoms with van der Waals surface area (Å²) in [6.07, 6.45) is 6.69. The number of nitrogens with zero attached hydrogens (tertiary/aromatic N) is 2. The summed E-state index contributed by atoms with van der Waals surface area (Å²) >= 11 is 0. The summed E-state index contributed by atoms with van der Waals surface area (Å²) in [7, 11) is 0. The molecule has 27 heavy (non-hydrogen) atoms. The lowest BCUT2D eigenvalue weighted by atomic mass is 10.0. The second kappa shape index (κ2) is 8.07. The van der Waals surface area contributed by atoms with E-state index in [-0.39, 0.29) is 18.1 Å². The summed E-state index contributed by atoms with van der Waals surface area (Å²) in [5, 5.41) is 13.4. The Labute approximate surface area is 156 Å². The molecule has 0 bridgehead atoms. The Bertz CT molecular complexity index is 1010. The molecular weight excluding hydrogens is 346 g/mol. The minimum atomic E-state index is -0.457. The van der Waals surface area contributed by atoms with Gasteiger partial charge in [-0.25, -0.2) is 9.78 Å². The summed E-state index contributed by atoms with van der Waals surface area (Å²) in [5.41, 5.74) is 1.76. The first-order valence-corrected chi connectivity index (χ1v) is 8.94. The van der Waals surface area contributed by atoms with Gasteiger partial charge in [-0.3, -0.25) is 4.79 Å². The number of fused-ring (bicyclic) bond motifs is 1. The number of hydrogen-bond donors (Lipinski definition) is 2. The topological polar surface area (TPSA) is 97.4 Å². The van der Waals surface area contributed by atoms with Crippen LogP contribution in [-0.4, -0.2) is 27.1 Å². The molecule has 0 saturated heterocycles. The lowest BCUT2D eigenvalue weighted by Crippen LogP contribution is -2.26. The minimum absolute atomic E-state index is 0.0906. The predicted molar refractivity (Wildman–Crippen MR) is 102 cm³/mol. The van der Waals surface area contributed by atoms with Crippen LogP contribution in [-0.2, 0) is 17.8 Å². The summed E-state index contributed by atoms with van der Waals surface area (Å²) in [6.45, 7) is 4.91. The van der Waals surface area contributed by atoms with Gasteiger partial charge in [0.25, 0.3) is 0 Å². The van der Waals surface area contributed by atoms with Crippen molar-refractivity contribution < 1.29 is 14.3 Å². The van der Waals surface area contributed by atoms with Crippen LogP contribution in [0.2, 0.25) is 0 Å². The molecule has 3 rings (SSSR count). The molecule has 0 spiro atoms. The largest absolute Gasteiger partial charge is 0.508 e. The van der Waals surface area contributed by atoms with Crippen molar-refractivity contribution in [3.63, 3.8) is 0 Å². The Morgan fingerprint density at radius 3 is 2.85 bits per heavy atom. The SMILES string of the molecule is Cc1c(CCC(=O)NCCCn2ccnc2)c(=O)oc2c(C)c(O)ccc12. The van der Waals surface area contributed by atoms with Gasteiger partial charge >= 0.3 is 5.63 Å². The normalized spacial score (nSPS) is 11.0. The molecule has 0 atom stereocenters. The van der Waals surface area contributed by atoms with E-state index in [9.17, 15) is 14.7 Å². The van der Waals surface area contributed by atoms with Crippen molar-refractivity contribution >= 4 is 16.9 Å². The highest BCUT2D eigenvalue weighted by molar-refractivity contribution is 5.85. The number of carbonyl (C=O) groups is 1. The van der Waals surface area contributed by atoms with E-state index in [2.05, 4.69) is 10.3 Å². The van der Waals surface area contributed by atoms with E-state index in [1.54, 1.807) is 31.6 Å². The molecule has 3 aromatic rings. The molecular formula is C20H23N3O4. The van der Waals surface area contributed by atoms with E-state index in [0.717, 1.165) is 23.9 Å². The van der Waals surface area contributed by atoms with Crippen molar-refractivity contribution in [2.75, 3.05) is 6.54 Å². The lowest BCUT2D eigenvalue weighted by Gasteiger charge is -2.10. The first-order chi connectivity index (χ1) is 13.0. The van der Waals surface area contributed by atoms with E-state index in [1.165, 1.54) is 0 Å². The van der Waals surface area contributed by atoms with Crippen molar-refractivity contribution in [2.24, 2.45) is 0 Å². The highest BCUT2D eigenvalue weighted by atomic mass is 16.4. The summed E-state index contributed by atoms with van der Waals surface area (Å²) in [4.78, 5) is 28.4. The van der Waals surface area contributed by atoms with Crippen LogP contribution in [0.5, 0.6) is 5.75 Å². The quantitative estimate of drug-likeness (QED) is 0.492. The zero-order chi connectivity index (χ0) is 19.4. The fourth-order valence-electron chi connectivity index (χ4n) is 3.10. The van der Waals surface area contributed by atoms with Crippen LogP contribution in [0.25, 0.3) is 11.0 Å². The number of benzene rings is 1. The van der Waals surface area contributed by atoms with Gasteiger partial charge in [0.05, 0.1) is 6.33 Å². The number of carbonyl (C=O) groups excluding carboxylic acids is 1. The van der Waals surface area contributed by atoms with Gasteiger partial charge in [-0.1, -0.05) is 0 Å². The van der Waals surface area contributed by atoms with Crippen molar-refractivity contribution in [3.8, 4) is 5.75 Å². The average Bonchev–Trinajstić information content (AvgIpc) is 3.15. The number of phenolic OH excluding ortho intramolecular Hbond substituents is 1. The van der Waals surface area contributed by atoms with E-state index in [4.69, 9.17) is 4.42 Å². The molecule has 2 aromatic heterocycles. The fraction of sp³-hybridized carbons (Fsp3) is 0.350. The number of aryl methyl sites for hydroxylation is 3. The fourth-order valence-corrected chi connectivity index (χ4v) is 3.10. The van der Waals surface area contributed by atoms with Crippen LogP contribution in [0.4, 0.5) is 0 Å². The highest BCUT2D eigenvalue weighted by Gasteiger charge is 2.15. The van der Waals surface area contributed by atoms with E-state index in [1.807, 2.05) is 17.7 Å². The zero-order valence-electron chi connectivity index (χ0n) is 15.5. The number of aromatic nitrogens is 2. The van der Waals surface area contributed by atoms with Crippen molar-refractivity contribution in [1.29, 1.82) is 0 Å². The highest BCUT2D eigenvalue weighted by Crippen LogP contribution is 2.28. The number of nitrogens with one attached hydrogen (secondary N) is 1. The monoisotopic (exact) mass is 369 g/mol. The van der Waals surface area contributed by atoms with E-state index in [0.29, 0.717) is 29.7 Å². The molecule has 0 saturated carbocycles. The summed E-state index contributed by atoms with van der Waals surface area (Å²) in [5.74, 6) is -0.00529. The van der Waals surface area contributed by atoms with Crippen molar-refractivity contribution in [2.45, 2.75) is 39.7 Å². The Hall–Kier alpha value is -3.09. The summed E-state index contributed by atoms with van der Waals surface area (Å²) in [6, 6.07) is 3.32. The molecule has 0 aliphatic heterocycles. The lowest BCUT2D eigenvalue weighted by molar-refractivity contribution is -0.121. The average molecular weight is 369 g/mol. The van der Waals surface area contributed by atoms with Gasteiger partial charge in [0, 0.05) is 48.4 Å². The molecule has 1 amide bonds. The number of phenols is 1. The number of aromatic hydroxyl groups is 1. The first-order valence-electron chi connectivity index (χ1n) is 8.94. The molecule has 2 N–H and O–H groups in total. The molecule has 0 unspecified atom stereocenters. The predicted octanol–water partition coefficient (Wildman–Crippen LogP) is 2.45. The molecule has 2 heterocycles.